The summed E-state index contributed by atoms with van der Waals surface area (Å²) in [7, 11) is 0. The first-order valence-electron chi connectivity index (χ1n) is 6.34. The van der Waals surface area contributed by atoms with Gasteiger partial charge in [-0.1, -0.05) is 68.3 Å². The molecular formula is C16H17Br2N. The molecule has 0 spiro atoms. The molecule has 2 aromatic carbocycles. The van der Waals surface area contributed by atoms with Gasteiger partial charge in [-0.25, -0.2) is 0 Å². The molecule has 2 atom stereocenters. The topological polar surface area (TPSA) is 12.0 Å². The van der Waals surface area contributed by atoms with E-state index in [2.05, 4.69) is 87.4 Å². The van der Waals surface area contributed by atoms with Crippen LogP contribution in [0.15, 0.2) is 57.5 Å². The number of hydrogen-bond acceptors (Lipinski definition) is 1. The number of rotatable bonds is 4. The molecular weight excluding hydrogens is 366 g/mol. The van der Waals surface area contributed by atoms with E-state index in [-0.39, 0.29) is 12.1 Å². The van der Waals surface area contributed by atoms with E-state index < -0.39 is 0 Å². The van der Waals surface area contributed by atoms with Crippen LogP contribution in [0.25, 0.3) is 0 Å². The summed E-state index contributed by atoms with van der Waals surface area (Å²) in [5.74, 6) is 0. The number of halogens is 2. The molecule has 0 aliphatic heterocycles. The van der Waals surface area contributed by atoms with E-state index >= 15 is 0 Å². The molecule has 0 aliphatic carbocycles. The Morgan fingerprint density at radius 2 is 1.11 bits per heavy atom. The van der Waals surface area contributed by atoms with Crippen molar-refractivity contribution in [3.63, 3.8) is 0 Å². The van der Waals surface area contributed by atoms with Gasteiger partial charge in [0.1, 0.15) is 0 Å². The van der Waals surface area contributed by atoms with E-state index in [1.54, 1.807) is 0 Å². The zero-order valence-electron chi connectivity index (χ0n) is 11.0. The summed E-state index contributed by atoms with van der Waals surface area (Å²) in [6.07, 6.45) is 0. The van der Waals surface area contributed by atoms with Gasteiger partial charge in [-0.05, 0) is 37.1 Å². The third-order valence-electron chi connectivity index (χ3n) is 3.24. The lowest BCUT2D eigenvalue weighted by molar-refractivity contribution is 0.492. The van der Waals surface area contributed by atoms with Gasteiger partial charge >= 0.3 is 0 Å². The van der Waals surface area contributed by atoms with E-state index in [9.17, 15) is 0 Å². The van der Waals surface area contributed by atoms with Crippen LogP contribution in [0, 0.1) is 0 Å². The van der Waals surface area contributed by atoms with Crippen LogP contribution in [-0.2, 0) is 0 Å². The van der Waals surface area contributed by atoms with E-state index in [0.29, 0.717) is 0 Å². The largest absolute Gasteiger partial charge is 0.304 e. The Morgan fingerprint density at radius 3 is 1.47 bits per heavy atom. The van der Waals surface area contributed by atoms with Crippen LogP contribution in [0.2, 0.25) is 0 Å². The molecule has 0 radical (unpaired) electrons. The van der Waals surface area contributed by atoms with Gasteiger partial charge in [-0.2, -0.15) is 0 Å². The van der Waals surface area contributed by atoms with Crippen molar-refractivity contribution in [1.82, 2.24) is 5.32 Å². The van der Waals surface area contributed by atoms with Gasteiger partial charge in [0.2, 0.25) is 0 Å². The molecule has 0 amide bonds. The lowest BCUT2D eigenvalue weighted by Crippen LogP contribution is -2.23. The third-order valence-corrected chi connectivity index (χ3v) is 4.69. The summed E-state index contributed by atoms with van der Waals surface area (Å²) >= 11 is 7.22. The van der Waals surface area contributed by atoms with Crippen molar-refractivity contribution in [1.29, 1.82) is 0 Å². The fourth-order valence-corrected chi connectivity index (χ4v) is 3.46. The zero-order chi connectivity index (χ0) is 13.8. The van der Waals surface area contributed by atoms with Gasteiger partial charge in [0, 0.05) is 21.0 Å². The minimum atomic E-state index is 0.290. The molecule has 0 unspecified atom stereocenters. The Bertz CT molecular complexity index is 504. The van der Waals surface area contributed by atoms with Gasteiger partial charge in [-0.3, -0.25) is 0 Å². The maximum atomic E-state index is 3.63. The number of hydrogen-bond donors (Lipinski definition) is 1. The van der Waals surface area contributed by atoms with Crippen molar-refractivity contribution in [3.05, 3.63) is 68.6 Å². The van der Waals surface area contributed by atoms with Gasteiger partial charge in [0.25, 0.3) is 0 Å². The maximum absolute atomic E-state index is 3.63. The molecule has 100 valence electrons. The van der Waals surface area contributed by atoms with E-state index in [4.69, 9.17) is 0 Å². The van der Waals surface area contributed by atoms with Gasteiger partial charge in [0.15, 0.2) is 0 Å². The molecule has 0 aliphatic rings. The van der Waals surface area contributed by atoms with Crippen molar-refractivity contribution in [3.8, 4) is 0 Å². The molecule has 0 bridgehead atoms. The second-order valence-corrected chi connectivity index (χ2v) is 6.36. The average molecular weight is 383 g/mol. The molecule has 19 heavy (non-hydrogen) atoms. The number of benzene rings is 2. The highest BCUT2D eigenvalue weighted by Crippen LogP contribution is 2.28. The predicted octanol–water partition coefficient (Wildman–Crippen LogP) is 5.62. The first kappa shape index (κ1) is 14.8. The van der Waals surface area contributed by atoms with Crippen LogP contribution in [-0.4, -0.2) is 0 Å². The minimum absolute atomic E-state index is 0.290. The van der Waals surface area contributed by atoms with Crippen LogP contribution in [0.1, 0.15) is 37.1 Å². The molecule has 0 saturated carbocycles. The van der Waals surface area contributed by atoms with Crippen molar-refractivity contribution in [2.75, 3.05) is 0 Å². The van der Waals surface area contributed by atoms with Crippen LogP contribution in [0.4, 0.5) is 0 Å². The van der Waals surface area contributed by atoms with Gasteiger partial charge in [0.05, 0.1) is 0 Å². The minimum Gasteiger partial charge on any atom is -0.304 e. The molecule has 1 N–H and O–H groups in total. The molecule has 0 heterocycles. The van der Waals surface area contributed by atoms with Crippen LogP contribution in [0.5, 0.6) is 0 Å². The van der Waals surface area contributed by atoms with Crippen LogP contribution in [0.3, 0.4) is 0 Å². The summed E-state index contributed by atoms with van der Waals surface area (Å²) in [5, 5.41) is 3.63. The maximum Gasteiger partial charge on any atom is 0.0308 e. The van der Waals surface area contributed by atoms with Crippen LogP contribution >= 0.6 is 31.9 Å². The Labute approximate surface area is 131 Å². The lowest BCUT2D eigenvalue weighted by atomic mass is 10.0. The fraction of sp³-hybridized carbons (Fsp3) is 0.250. The first-order valence-corrected chi connectivity index (χ1v) is 7.93. The summed E-state index contributed by atoms with van der Waals surface area (Å²) in [5.41, 5.74) is 2.56. The predicted molar refractivity (Wildman–Crippen MR) is 88.2 cm³/mol. The number of nitrogens with one attached hydrogen (secondary N) is 1. The fourth-order valence-electron chi connectivity index (χ4n) is 2.21. The molecule has 2 aromatic rings. The molecule has 2 rings (SSSR count). The van der Waals surface area contributed by atoms with Gasteiger partial charge in [-0.15, -0.1) is 0 Å². The Hall–Kier alpha value is -0.640. The zero-order valence-corrected chi connectivity index (χ0v) is 14.2. The Morgan fingerprint density at radius 1 is 0.737 bits per heavy atom. The smallest absolute Gasteiger partial charge is 0.0308 e. The summed E-state index contributed by atoms with van der Waals surface area (Å²) in [6, 6.07) is 17.3. The molecule has 3 heteroatoms. The summed E-state index contributed by atoms with van der Waals surface area (Å²) in [6.45, 7) is 4.38. The van der Waals surface area contributed by atoms with Crippen molar-refractivity contribution < 1.29 is 0 Å². The summed E-state index contributed by atoms with van der Waals surface area (Å²) < 4.78 is 2.30. The highest BCUT2D eigenvalue weighted by molar-refractivity contribution is 9.10. The monoisotopic (exact) mass is 381 g/mol. The lowest BCUT2D eigenvalue weighted by Gasteiger charge is -2.22. The Kier molecular flexibility index (Phi) is 5.20. The molecule has 0 aromatic heterocycles. The Balaban J connectivity index is 2.13. The highest BCUT2D eigenvalue weighted by atomic mass is 79.9. The van der Waals surface area contributed by atoms with Gasteiger partial charge < -0.3 is 5.32 Å². The second-order valence-electron chi connectivity index (χ2n) is 4.65. The second kappa shape index (κ2) is 6.69. The van der Waals surface area contributed by atoms with E-state index in [1.165, 1.54) is 11.1 Å². The SMILES string of the molecule is C[C@@H](N[C@H](C)c1ccccc1Br)c1ccccc1Br. The summed E-state index contributed by atoms with van der Waals surface area (Å²) in [4.78, 5) is 0. The molecule has 1 nitrogen and oxygen atoms in total. The third kappa shape index (κ3) is 3.68. The normalized spacial score (nSPS) is 14.1. The highest BCUT2D eigenvalue weighted by Gasteiger charge is 2.14. The van der Waals surface area contributed by atoms with E-state index in [1.807, 2.05) is 12.1 Å². The standard InChI is InChI=1S/C16H17Br2N/c1-11(13-7-3-5-9-15(13)17)19-12(2)14-8-4-6-10-16(14)18/h3-12,19H,1-2H3/t11-,12-/m1/s1. The molecule has 0 fully saturated rings. The average Bonchev–Trinajstić information content (AvgIpc) is 2.39. The van der Waals surface area contributed by atoms with Crippen molar-refractivity contribution in [2.24, 2.45) is 0 Å². The van der Waals surface area contributed by atoms with Crippen LogP contribution < -0.4 is 5.32 Å². The first-order chi connectivity index (χ1) is 9.09. The van der Waals surface area contributed by atoms with Crippen molar-refractivity contribution >= 4 is 31.9 Å². The molecule has 0 saturated heterocycles. The quantitative estimate of drug-likeness (QED) is 0.723. The van der Waals surface area contributed by atoms with E-state index in [0.717, 1.165) is 8.95 Å². The van der Waals surface area contributed by atoms with Crippen molar-refractivity contribution in [2.45, 2.75) is 25.9 Å².